The molecule has 0 saturated heterocycles. The number of hydrogen-bond donors (Lipinski definition) is 0. The van der Waals surface area contributed by atoms with Crippen LogP contribution >= 0.6 is 0 Å². The molecule has 0 aromatic carbocycles. The van der Waals surface area contributed by atoms with Crippen molar-refractivity contribution in [2.45, 2.75) is 27.2 Å². The SMILES string of the molecule is C=C.COC(=O)/C=C(\C)C#CC1C(C)=CC(=O)CC1C. The van der Waals surface area contributed by atoms with Crippen molar-refractivity contribution in [3.63, 3.8) is 0 Å². The maximum absolute atomic E-state index is 11.4. The van der Waals surface area contributed by atoms with Gasteiger partial charge in [0, 0.05) is 24.0 Å². The van der Waals surface area contributed by atoms with Gasteiger partial charge in [-0.25, -0.2) is 4.79 Å². The van der Waals surface area contributed by atoms with E-state index in [1.807, 2.05) is 13.8 Å². The van der Waals surface area contributed by atoms with Crippen LogP contribution < -0.4 is 0 Å². The zero-order valence-electron chi connectivity index (χ0n) is 12.7. The lowest BCUT2D eigenvalue weighted by Gasteiger charge is -2.23. The van der Waals surface area contributed by atoms with Crippen molar-refractivity contribution in [3.8, 4) is 11.8 Å². The van der Waals surface area contributed by atoms with E-state index in [1.54, 1.807) is 13.0 Å². The normalized spacial score (nSPS) is 21.7. The highest BCUT2D eigenvalue weighted by atomic mass is 16.5. The number of rotatable bonds is 1. The summed E-state index contributed by atoms with van der Waals surface area (Å²) < 4.78 is 4.53. The predicted octanol–water partition coefficient (Wildman–Crippen LogP) is 3.08. The minimum Gasteiger partial charge on any atom is -0.466 e. The molecule has 0 aromatic heterocycles. The van der Waals surface area contributed by atoms with E-state index < -0.39 is 5.97 Å². The molecule has 0 fully saturated rings. The van der Waals surface area contributed by atoms with Crippen LogP contribution in [0.2, 0.25) is 0 Å². The summed E-state index contributed by atoms with van der Waals surface area (Å²) in [6, 6.07) is 0. The molecule has 1 aliphatic carbocycles. The van der Waals surface area contributed by atoms with E-state index in [1.165, 1.54) is 13.2 Å². The zero-order valence-corrected chi connectivity index (χ0v) is 12.7. The van der Waals surface area contributed by atoms with Gasteiger partial charge in [-0.1, -0.05) is 24.3 Å². The van der Waals surface area contributed by atoms with Gasteiger partial charge in [0.2, 0.25) is 0 Å². The maximum Gasteiger partial charge on any atom is 0.331 e. The highest BCUT2D eigenvalue weighted by molar-refractivity contribution is 5.91. The van der Waals surface area contributed by atoms with Crippen LogP contribution in [0.25, 0.3) is 0 Å². The zero-order chi connectivity index (χ0) is 15.7. The smallest absolute Gasteiger partial charge is 0.331 e. The van der Waals surface area contributed by atoms with E-state index in [0.29, 0.717) is 12.0 Å². The summed E-state index contributed by atoms with van der Waals surface area (Å²) in [4.78, 5) is 22.4. The summed E-state index contributed by atoms with van der Waals surface area (Å²) in [7, 11) is 1.33. The fourth-order valence-corrected chi connectivity index (χ4v) is 2.01. The van der Waals surface area contributed by atoms with Gasteiger partial charge in [-0.3, -0.25) is 4.79 Å². The van der Waals surface area contributed by atoms with E-state index >= 15 is 0 Å². The van der Waals surface area contributed by atoms with Gasteiger partial charge in [-0.15, -0.1) is 13.2 Å². The number of carbonyl (C=O) groups is 2. The number of carbonyl (C=O) groups excluding carboxylic acids is 2. The Morgan fingerprint density at radius 2 is 2.10 bits per heavy atom. The Kier molecular flexibility index (Phi) is 8.00. The Labute approximate surface area is 121 Å². The predicted molar refractivity (Wildman–Crippen MR) is 80.8 cm³/mol. The Morgan fingerprint density at radius 3 is 2.60 bits per heavy atom. The van der Waals surface area contributed by atoms with Gasteiger partial charge in [0.05, 0.1) is 7.11 Å². The monoisotopic (exact) mass is 274 g/mol. The first kappa shape index (κ1) is 17.9. The third kappa shape index (κ3) is 5.71. The second-order valence-electron chi connectivity index (χ2n) is 4.63. The molecule has 0 radical (unpaired) electrons. The molecule has 108 valence electrons. The Bertz CT molecular complexity index is 486. The number of allylic oxidation sites excluding steroid dienone is 3. The first-order valence-corrected chi connectivity index (χ1v) is 6.43. The van der Waals surface area contributed by atoms with Crippen molar-refractivity contribution < 1.29 is 14.3 Å². The molecule has 0 aromatic rings. The molecule has 1 rings (SSSR count). The minimum absolute atomic E-state index is 0.0868. The van der Waals surface area contributed by atoms with Gasteiger partial charge in [-0.05, 0) is 25.8 Å². The van der Waals surface area contributed by atoms with E-state index in [0.717, 1.165) is 5.57 Å². The summed E-state index contributed by atoms with van der Waals surface area (Å²) in [6.07, 6.45) is 3.57. The molecule has 0 saturated carbocycles. The molecule has 0 aliphatic heterocycles. The van der Waals surface area contributed by atoms with Crippen LogP contribution in [-0.4, -0.2) is 18.9 Å². The van der Waals surface area contributed by atoms with Crippen LogP contribution in [0.3, 0.4) is 0 Å². The molecule has 0 heterocycles. The van der Waals surface area contributed by atoms with Crippen molar-refractivity contribution in [1.29, 1.82) is 0 Å². The van der Waals surface area contributed by atoms with Crippen LogP contribution in [0.5, 0.6) is 0 Å². The molecule has 0 spiro atoms. The molecule has 0 amide bonds. The highest BCUT2D eigenvalue weighted by Crippen LogP contribution is 2.27. The second-order valence-corrected chi connectivity index (χ2v) is 4.63. The number of esters is 1. The Balaban J connectivity index is 0.00000172. The van der Waals surface area contributed by atoms with Gasteiger partial charge in [0.15, 0.2) is 5.78 Å². The summed E-state index contributed by atoms with van der Waals surface area (Å²) in [5, 5.41) is 0. The topological polar surface area (TPSA) is 43.4 Å². The maximum atomic E-state index is 11.4. The van der Waals surface area contributed by atoms with E-state index in [2.05, 4.69) is 29.7 Å². The van der Waals surface area contributed by atoms with Gasteiger partial charge in [-0.2, -0.15) is 0 Å². The fourth-order valence-electron chi connectivity index (χ4n) is 2.01. The largest absolute Gasteiger partial charge is 0.466 e. The second kappa shape index (κ2) is 8.92. The molecule has 20 heavy (non-hydrogen) atoms. The molecule has 2 unspecified atom stereocenters. The summed E-state index contributed by atoms with van der Waals surface area (Å²) in [5.41, 5.74) is 1.66. The van der Waals surface area contributed by atoms with Crippen molar-refractivity contribution in [2.75, 3.05) is 7.11 Å². The Morgan fingerprint density at radius 1 is 1.50 bits per heavy atom. The third-order valence-corrected chi connectivity index (χ3v) is 2.93. The lowest BCUT2D eigenvalue weighted by atomic mass is 9.80. The van der Waals surface area contributed by atoms with Crippen molar-refractivity contribution in [1.82, 2.24) is 0 Å². The summed E-state index contributed by atoms with van der Waals surface area (Å²) in [6.45, 7) is 11.7. The molecule has 2 atom stereocenters. The molecule has 3 nitrogen and oxygen atoms in total. The van der Waals surface area contributed by atoms with Crippen molar-refractivity contribution in [3.05, 3.63) is 36.5 Å². The highest BCUT2D eigenvalue weighted by Gasteiger charge is 2.24. The van der Waals surface area contributed by atoms with Crippen LogP contribution in [0.1, 0.15) is 27.2 Å². The lowest BCUT2D eigenvalue weighted by molar-refractivity contribution is -0.134. The third-order valence-electron chi connectivity index (χ3n) is 2.93. The molecule has 1 aliphatic rings. The van der Waals surface area contributed by atoms with E-state index in [-0.39, 0.29) is 17.6 Å². The van der Waals surface area contributed by atoms with E-state index in [9.17, 15) is 9.59 Å². The number of ether oxygens (including phenoxy) is 1. The lowest BCUT2D eigenvalue weighted by Crippen LogP contribution is -2.20. The van der Waals surface area contributed by atoms with Crippen LogP contribution in [0.15, 0.2) is 36.5 Å². The summed E-state index contributed by atoms with van der Waals surface area (Å²) >= 11 is 0. The minimum atomic E-state index is -0.402. The van der Waals surface area contributed by atoms with Gasteiger partial charge in [0.1, 0.15) is 0 Å². The average Bonchev–Trinajstić information content (AvgIpc) is 2.39. The summed E-state index contributed by atoms with van der Waals surface area (Å²) in [5.74, 6) is 6.15. The van der Waals surface area contributed by atoms with Crippen molar-refractivity contribution >= 4 is 11.8 Å². The van der Waals surface area contributed by atoms with E-state index in [4.69, 9.17) is 0 Å². The van der Waals surface area contributed by atoms with Gasteiger partial charge >= 0.3 is 5.97 Å². The molecular weight excluding hydrogens is 252 g/mol. The molecule has 3 heteroatoms. The van der Waals surface area contributed by atoms with Gasteiger partial charge in [0.25, 0.3) is 0 Å². The first-order chi connectivity index (χ1) is 9.43. The molecule has 0 N–H and O–H groups in total. The number of hydrogen-bond acceptors (Lipinski definition) is 3. The van der Waals surface area contributed by atoms with Crippen molar-refractivity contribution in [2.24, 2.45) is 11.8 Å². The van der Waals surface area contributed by atoms with Crippen LogP contribution in [-0.2, 0) is 14.3 Å². The average molecular weight is 274 g/mol. The number of ketones is 1. The van der Waals surface area contributed by atoms with Gasteiger partial charge < -0.3 is 4.74 Å². The molecular formula is C17H22O3. The van der Waals surface area contributed by atoms with Crippen LogP contribution in [0, 0.1) is 23.7 Å². The Hall–Kier alpha value is -2.08. The molecule has 0 bridgehead atoms. The quantitative estimate of drug-likeness (QED) is 0.319. The fraction of sp³-hybridized carbons (Fsp3) is 0.412. The van der Waals surface area contributed by atoms with Crippen LogP contribution in [0.4, 0.5) is 0 Å². The first-order valence-electron chi connectivity index (χ1n) is 6.43. The number of methoxy groups -OCH3 is 1. The standard InChI is InChI=1S/C15H18O3.C2H4/c1-10(7-15(17)18-4)5-6-14-11(2)8-13(16)9-12(14)3;1-2/h7-8,12,14H,9H2,1-4H3;1-2H2/b10-7+;.